The molecule has 2 fully saturated rings. The maximum atomic E-state index is 12.3. The van der Waals surface area contributed by atoms with Crippen LogP contribution in [0, 0.1) is 5.92 Å². The molecular formula is C18H26N4O2. The topological polar surface area (TPSA) is 71.6 Å². The van der Waals surface area contributed by atoms with E-state index < -0.39 is 0 Å². The van der Waals surface area contributed by atoms with Crippen LogP contribution in [0.4, 0.5) is 5.69 Å². The van der Waals surface area contributed by atoms with Gasteiger partial charge in [-0.2, -0.15) is 0 Å². The van der Waals surface area contributed by atoms with Crippen molar-refractivity contribution in [3.05, 3.63) is 28.2 Å². The Kier molecular flexibility index (Phi) is 3.87. The van der Waals surface area contributed by atoms with Crippen molar-refractivity contribution < 1.29 is 4.79 Å². The molecule has 0 saturated carbocycles. The van der Waals surface area contributed by atoms with Crippen LogP contribution < -0.4 is 11.3 Å². The van der Waals surface area contributed by atoms with Gasteiger partial charge in [0.25, 0.3) is 5.56 Å². The molecule has 6 heteroatoms. The van der Waals surface area contributed by atoms with Crippen LogP contribution in [0.1, 0.15) is 37.8 Å². The smallest absolute Gasteiger partial charge is 0.273 e. The molecule has 1 amide bonds. The summed E-state index contributed by atoms with van der Waals surface area (Å²) in [7, 11) is 0. The van der Waals surface area contributed by atoms with Gasteiger partial charge in [0.15, 0.2) is 0 Å². The van der Waals surface area contributed by atoms with E-state index in [2.05, 4.69) is 4.90 Å². The molecule has 1 aromatic heterocycles. The van der Waals surface area contributed by atoms with Crippen molar-refractivity contribution in [2.45, 2.75) is 44.7 Å². The van der Waals surface area contributed by atoms with Crippen LogP contribution in [0.15, 0.2) is 16.9 Å². The lowest BCUT2D eigenvalue weighted by atomic mass is 9.82. The summed E-state index contributed by atoms with van der Waals surface area (Å²) in [4.78, 5) is 28.4. The number of pyridine rings is 1. The molecule has 0 aromatic carbocycles. The van der Waals surface area contributed by atoms with Crippen molar-refractivity contribution >= 4 is 11.6 Å². The molecule has 2 N–H and O–H groups in total. The Balaban J connectivity index is 1.50. The quantitative estimate of drug-likeness (QED) is 0.829. The minimum absolute atomic E-state index is 0.0228. The molecule has 1 aromatic rings. The second-order valence-corrected chi connectivity index (χ2v) is 7.62. The predicted octanol–water partition coefficient (Wildman–Crippen LogP) is 0.861. The maximum Gasteiger partial charge on any atom is 0.273 e. The fraction of sp³-hybridized carbons (Fsp3) is 0.667. The van der Waals surface area contributed by atoms with Crippen LogP contribution >= 0.6 is 0 Å². The van der Waals surface area contributed by atoms with Gasteiger partial charge in [-0.1, -0.05) is 0 Å². The monoisotopic (exact) mass is 330 g/mol. The number of nitrogens with zero attached hydrogens (tertiary/aromatic N) is 3. The average Bonchev–Trinajstić information content (AvgIpc) is 2.58. The fourth-order valence-corrected chi connectivity index (χ4v) is 4.84. The molecule has 2 unspecified atom stereocenters. The second kappa shape index (κ2) is 5.92. The molecular weight excluding hydrogens is 304 g/mol. The highest BCUT2D eigenvalue weighted by Gasteiger charge is 2.38. The summed E-state index contributed by atoms with van der Waals surface area (Å²) in [6.45, 7) is 6.27. The van der Waals surface area contributed by atoms with Crippen LogP contribution in [0.3, 0.4) is 0 Å². The fourth-order valence-electron chi connectivity index (χ4n) is 4.84. The van der Waals surface area contributed by atoms with Gasteiger partial charge in [-0.15, -0.1) is 0 Å². The van der Waals surface area contributed by atoms with Gasteiger partial charge in [0.1, 0.15) is 0 Å². The number of piperidine rings is 2. The largest absolute Gasteiger partial charge is 0.394 e. The summed E-state index contributed by atoms with van der Waals surface area (Å²) in [5, 5.41) is 0. The molecule has 4 rings (SSSR count). The molecule has 2 bridgehead atoms. The summed E-state index contributed by atoms with van der Waals surface area (Å²) in [6.07, 6.45) is 3.30. The molecule has 2 atom stereocenters. The molecule has 2 saturated heterocycles. The van der Waals surface area contributed by atoms with Crippen LogP contribution in [-0.4, -0.2) is 52.5 Å². The Morgan fingerprint density at radius 1 is 1.17 bits per heavy atom. The summed E-state index contributed by atoms with van der Waals surface area (Å²) >= 11 is 0. The number of hydrogen-bond acceptors (Lipinski definition) is 4. The van der Waals surface area contributed by atoms with Crippen molar-refractivity contribution in [3.8, 4) is 0 Å². The molecule has 24 heavy (non-hydrogen) atoms. The zero-order chi connectivity index (χ0) is 16.8. The first-order valence-corrected chi connectivity index (χ1v) is 9.01. The Labute approximate surface area is 142 Å². The number of carbonyl (C=O) groups is 1. The maximum absolute atomic E-state index is 12.3. The highest BCUT2D eigenvalue weighted by Crippen LogP contribution is 2.37. The van der Waals surface area contributed by atoms with E-state index >= 15 is 0 Å². The molecule has 0 spiro atoms. The summed E-state index contributed by atoms with van der Waals surface area (Å²) < 4.78 is 1.91. The van der Waals surface area contributed by atoms with E-state index in [1.807, 2.05) is 15.5 Å². The Bertz CT molecular complexity index is 705. The standard InChI is InChI=1S/C18H26N4O2/c1-12(23)20-6-4-15(5-7-20)21-9-13-8-14(11-21)17-3-2-16(19)18(24)22(17)10-13/h2-3,13-15H,4-11,19H2,1H3. The number of likely N-dealkylation sites (tertiary alicyclic amines) is 2. The van der Waals surface area contributed by atoms with Crippen LogP contribution in [-0.2, 0) is 11.3 Å². The lowest BCUT2D eigenvalue weighted by Crippen LogP contribution is -2.53. The lowest BCUT2D eigenvalue weighted by Gasteiger charge is -2.47. The Morgan fingerprint density at radius 3 is 2.62 bits per heavy atom. The van der Waals surface area contributed by atoms with Crippen molar-refractivity contribution in [2.75, 3.05) is 31.9 Å². The van der Waals surface area contributed by atoms with Gasteiger partial charge in [0.2, 0.25) is 5.91 Å². The van der Waals surface area contributed by atoms with Gasteiger partial charge in [0, 0.05) is 57.3 Å². The molecule has 3 aliphatic heterocycles. The molecule has 3 aliphatic rings. The zero-order valence-electron chi connectivity index (χ0n) is 14.3. The highest BCUT2D eigenvalue weighted by atomic mass is 16.2. The first-order chi connectivity index (χ1) is 11.5. The minimum atomic E-state index is -0.0228. The predicted molar refractivity (Wildman–Crippen MR) is 92.8 cm³/mol. The van der Waals surface area contributed by atoms with E-state index in [1.54, 1.807) is 13.0 Å². The first kappa shape index (κ1) is 15.7. The third-order valence-corrected chi connectivity index (χ3v) is 6.09. The molecule has 0 radical (unpaired) electrons. The van der Waals surface area contributed by atoms with Gasteiger partial charge in [-0.05, 0) is 37.3 Å². The van der Waals surface area contributed by atoms with Gasteiger partial charge in [-0.25, -0.2) is 0 Å². The Morgan fingerprint density at radius 2 is 1.92 bits per heavy atom. The van der Waals surface area contributed by atoms with E-state index in [0.29, 0.717) is 23.6 Å². The van der Waals surface area contributed by atoms with Gasteiger partial charge >= 0.3 is 0 Å². The third-order valence-electron chi connectivity index (χ3n) is 6.09. The number of amides is 1. The summed E-state index contributed by atoms with van der Waals surface area (Å²) in [6, 6.07) is 4.37. The van der Waals surface area contributed by atoms with Crippen molar-refractivity contribution in [1.29, 1.82) is 0 Å². The Hall–Kier alpha value is -1.82. The van der Waals surface area contributed by atoms with Crippen molar-refractivity contribution in [3.63, 3.8) is 0 Å². The van der Waals surface area contributed by atoms with Gasteiger partial charge in [0.05, 0.1) is 5.69 Å². The number of aromatic nitrogens is 1. The number of hydrogen-bond donors (Lipinski definition) is 1. The number of fused-ring (bicyclic) bond motifs is 4. The van der Waals surface area contributed by atoms with Crippen LogP contribution in [0.25, 0.3) is 0 Å². The minimum Gasteiger partial charge on any atom is -0.394 e. The van der Waals surface area contributed by atoms with Crippen LogP contribution in [0.2, 0.25) is 0 Å². The zero-order valence-corrected chi connectivity index (χ0v) is 14.3. The van der Waals surface area contributed by atoms with E-state index in [9.17, 15) is 9.59 Å². The number of nitrogen functional groups attached to an aromatic ring is 1. The van der Waals surface area contributed by atoms with Crippen molar-refractivity contribution in [2.24, 2.45) is 5.92 Å². The van der Waals surface area contributed by atoms with E-state index in [-0.39, 0.29) is 11.5 Å². The SMILES string of the molecule is CC(=O)N1CCC(N2CC3CC(C2)c2ccc(N)c(=O)n2C3)CC1. The average molecular weight is 330 g/mol. The normalized spacial score (nSPS) is 27.8. The van der Waals surface area contributed by atoms with Crippen LogP contribution in [0.5, 0.6) is 0 Å². The highest BCUT2D eigenvalue weighted by molar-refractivity contribution is 5.73. The second-order valence-electron chi connectivity index (χ2n) is 7.62. The number of nitrogens with two attached hydrogens (primary N) is 1. The van der Waals surface area contributed by atoms with Crippen molar-refractivity contribution in [1.82, 2.24) is 14.4 Å². The van der Waals surface area contributed by atoms with E-state index in [4.69, 9.17) is 5.73 Å². The number of carbonyl (C=O) groups excluding carboxylic acids is 1. The summed E-state index contributed by atoms with van der Waals surface area (Å²) in [5.74, 6) is 1.15. The summed E-state index contributed by atoms with van der Waals surface area (Å²) in [5.41, 5.74) is 7.28. The van der Waals surface area contributed by atoms with E-state index in [0.717, 1.165) is 51.3 Å². The molecule has 130 valence electrons. The number of rotatable bonds is 1. The molecule has 6 nitrogen and oxygen atoms in total. The third kappa shape index (κ3) is 2.62. The van der Waals surface area contributed by atoms with Gasteiger partial charge < -0.3 is 15.2 Å². The number of anilines is 1. The molecule has 0 aliphatic carbocycles. The lowest BCUT2D eigenvalue weighted by molar-refractivity contribution is -0.130. The van der Waals surface area contributed by atoms with Gasteiger partial charge in [-0.3, -0.25) is 14.5 Å². The first-order valence-electron chi connectivity index (χ1n) is 9.01. The molecule has 4 heterocycles. The van der Waals surface area contributed by atoms with E-state index in [1.165, 1.54) is 6.42 Å².